The number of hydrogen-bond acceptors (Lipinski definition) is 2. The summed E-state index contributed by atoms with van der Waals surface area (Å²) in [6.07, 6.45) is 3.49. The molecule has 1 saturated carbocycles. The monoisotopic (exact) mass is 279 g/mol. The number of benzene rings is 1. The first kappa shape index (κ1) is 15.3. The van der Waals surface area contributed by atoms with Crippen LogP contribution < -0.4 is 10.1 Å². The summed E-state index contributed by atoms with van der Waals surface area (Å²) < 4.78 is 19.3. The molecule has 0 amide bonds. The van der Waals surface area contributed by atoms with Crippen molar-refractivity contribution in [2.45, 2.75) is 39.0 Å². The second-order valence-electron chi connectivity index (χ2n) is 6.24. The van der Waals surface area contributed by atoms with Gasteiger partial charge in [0.05, 0.1) is 7.11 Å². The van der Waals surface area contributed by atoms with Crippen molar-refractivity contribution < 1.29 is 9.13 Å². The summed E-state index contributed by atoms with van der Waals surface area (Å²) in [5.74, 6) is 2.04. The van der Waals surface area contributed by atoms with Gasteiger partial charge in [-0.3, -0.25) is 0 Å². The van der Waals surface area contributed by atoms with Crippen molar-refractivity contribution in [2.24, 2.45) is 11.8 Å². The Bertz CT molecular complexity index is 433. The molecule has 20 heavy (non-hydrogen) atoms. The van der Waals surface area contributed by atoms with Gasteiger partial charge >= 0.3 is 0 Å². The summed E-state index contributed by atoms with van der Waals surface area (Å²) in [6.45, 7) is 6.45. The molecule has 0 spiro atoms. The highest BCUT2D eigenvalue weighted by Crippen LogP contribution is 2.40. The van der Waals surface area contributed by atoms with Crippen LogP contribution in [0.2, 0.25) is 0 Å². The van der Waals surface area contributed by atoms with Crippen LogP contribution in [0.4, 0.5) is 4.39 Å². The minimum Gasteiger partial charge on any atom is -0.497 e. The van der Waals surface area contributed by atoms with Crippen molar-refractivity contribution in [3.8, 4) is 5.75 Å². The van der Waals surface area contributed by atoms with Crippen LogP contribution in [0, 0.1) is 17.7 Å². The molecule has 2 nitrogen and oxygen atoms in total. The van der Waals surface area contributed by atoms with E-state index in [0.29, 0.717) is 23.5 Å². The lowest BCUT2D eigenvalue weighted by Crippen LogP contribution is -2.27. The van der Waals surface area contributed by atoms with E-state index in [9.17, 15) is 4.39 Å². The van der Waals surface area contributed by atoms with Crippen molar-refractivity contribution in [1.29, 1.82) is 0 Å². The predicted molar refractivity (Wildman–Crippen MR) is 80.7 cm³/mol. The molecule has 1 N–H and O–H groups in total. The molecular formula is C17H26FNO. The Labute approximate surface area is 121 Å². The number of rotatable bonds is 6. The minimum absolute atomic E-state index is 0.120. The van der Waals surface area contributed by atoms with E-state index in [4.69, 9.17) is 4.74 Å². The summed E-state index contributed by atoms with van der Waals surface area (Å²) in [5, 5.41) is 3.52. The summed E-state index contributed by atoms with van der Waals surface area (Å²) in [7, 11) is 1.57. The number of hydrogen-bond donors (Lipinski definition) is 1. The summed E-state index contributed by atoms with van der Waals surface area (Å²) >= 11 is 0. The highest BCUT2D eigenvalue weighted by Gasteiger charge is 2.30. The minimum atomic E-state index is -0.120. The molecule has 0 aromatic heterocycles. The molecule has 0 aliphatic heterocycles. The van der Waals surface area contributed by atoms with Gasteiger partial charge in [-0.1, -0.05) is 26.3 Å². The van der Waals surface area contributed by atoms with Gasteiger partial charge in [-0.15, -0.1) is 0 Å². The van der Waals surface area contributed by atoms with Gasteiger partial charge in [0.15, 0.2) is 0 Å². The number of halogens is 1. The highest BCUT2D eigenvalue weighted by atomic mass is 19.1. The van der Waals surface area contributed by atoms with Gasteiger partial charge in [-0.2, -0.15) is 0 Å². The van der Waals surface area contributed by atoms with E-state index in [0.717, 1.165) is 25.1 Å². The van der Waals surface area contributed by atoms with Crippen LogP contribution in [0.1, 0.15) is 44.6 Å². The van der Waals surface area contributed by atoms with Gasteiger partial charge in [0.1, 0.15) is 11.6 Å². The first-order valence-electron chi connectivity index (χ1n) is 7.66. The molecule has 1 fully saturated rings. The second kappa shape index (κ2) is 7.07. The molecule has 0 bridgehead atoms. The van der Waals surface area contributed by atoms with E-state index >= 15 is 0 Å². The van der Waals surface area contributed by atoms with E-state index < -0.39 is 0 Å². The first-order valence-corrected chi connectivity index (χ1v) is 7.66. The van der Waals surface area contributed by atoms with Gasteiger partial charge in [0.25, 0.3) is 0 Å². The van der Waals surface area contributed by atoms with Crippen molar-refractivity contribution in [3.05, 3.63) is 29.6 Å². The summed E-state index contributed by atoms with van der Waals surface area (Å²) in [6, 6.07) is 5.28. The lowest BCUT2D eigenvalue weighted by Gasteiger charge is -2.22. The third-order valence-electron chi connectivity index (χ3n) is 4.23. The lowest BCUT2D eigenvalue weighted by atomic mass is 9.88. The Hall–Kier alpha value is -1.09. The fourth-order valence-electron chi connectivity index (χ4n) is 3.18. The van der Waals surface area contributed by atoms with Gasteiger partial charge < -0.3 is 10.1 Å². The predicted octanol–water partition coefficient (Wildman–Crippen LogP) is 3.96. The molecule has 0 saturated heterocycles. The molecule has 1 aromatic rings. The van der Waals surface area contributed by atoms with Gasteiger partial charge in [0.2, 0.25) is 0 Å². The lowest BCUT2D eigenvalue weighted by molar-refractivity contribution is 0.402. The average Bonchev–Trinajstić information content (AvgIpc) is 2.86. The molecular weight excluding hydrogens is 253 g/mol. The smallest absolute Gasteiger partial charge is 0.130 e. The van der Waals surface area contributed by atoms with Crippen molar-refractivity contribution in [2.75, 3.05) is 20.2 Å². The SMILES string of the molecule is COc1ccc(C2CCCC2CNCC(C)C)c(F)c1. The maximum absolute atomic E-state index is 14.2. The molecule has 1 aliphatic rings. The van der Waals surface area contributed by atoms with Crippen LogP contribution in [-0.4, -0.2) is 20.2 Å². The molecule has 0 heterocycles. The molecule has 2 unspecified atom stereocenters. The zero-order valence-corrected chi connectivity index (χ0v) is 12.8. The van der Waals surface area contributed by atoms with Crippen molar-refractivity contribution in [3.63, 3.8) is 0 Å². The van der Waals surface area contributed by atoms with Crippen LogP contribution in [0.25, 0.3) is 0 Å². The average molecular weight is 279 g/mol. The number of methoxy groups -OCH3 is 1. The van der Waals surface area contributed by atoms with Crippen LogP contribution in [-0.2, 0) is 0 Å². The molecule has 1 aliphatic carbocycles. The Morgan fingerprint density at radius 3 is 2.80 bits per heavy atom. The van der Waals surface area contributed by atoms with Gasteiger partial charge in [-0.05, 0) is 55.3 Å². The molecule has 1 aromatic carbocycles. The van der Waals surface area contributed by atoms with Crippen LogP contribution in [0.15, 0.2) is 18.2 Å². The number of nitrogens with one attached hydrogen (secondary N) is 1. The van der Waals surface area contributed by atoms with E-state index in [2.05, 4.69) is 19.2 Å². The molecule has 3 heteroatoms. The van der Waals surface area contributed by atoms with E-state index in [1.165, 1.54) is 18.9 Å². The zero-order chi connectivity index (χ0) is 14.5. The van der Waals surface area contributed by atoms with Crippen LogP contribution in [0.5, 0.6) is 5.75 Å². The third kappa shape index (κ3) is 3.72. The Balaban J connectivity index is 2.02. The van der Waals surface area contributed by atoms with E-state index in [1.807, 2.05) is 12.1 Å². The highest BCUT2D eigenvalue weighted by molar-refractivity contribution is 5.32. The first-order chi connectivity index (χ1) is 9.61. The van der Waals surface area contributed by atoms with Gasteiger partial charge in [-0.25, -0.2) is 4.39 Å². The van der Waals surface area contributed by atoms with Gasteiger partial charge in [0, 0.05) is 6.07 Å². The Morgan fingerprint density at radius 2 is 2.15 bits per heavy atom. The topological polar surface area (TPSA) is 21.3 Å². The standard InChI is InChI=1S/C17H26FNO/c1-12(2)10-19-11-13-5-4-6-15(13)16-8-7-14(20-3)9-17(16)18/h7-9,12-13,15,19H,4-6,10-11H2,1-3H3. The van der Waals surface area contributed by atoms with E-state index in [-0.39, 0.29) is 5.82 Å². The molecule has 2 rings (SSSR count). The fourth-order valence-corrected chi connectivity index (χ4v) is 3.18. The van der Waals surface area contributed by atoms with Crippen LogP contribution >= 0.6 is 0 Å². The zero-order valence-electron chi connectivity index (χ0n) is 12.8. The van der Waals surface area contributed by atoms with Crippen molar-refractivity contribution >= 4 is 0 Å². The summed E-state index contributed by atoms with van der Waals surface area (Å²) in [5.41, 5.74) is 0.861. The summed E-state index contributed by atoms with van der Waals surface area (Å²) in [4.78, 5) is 0. The fraction of sp³-hybridized carbons (Fsp3) is 0.647. The quantitative estimate of drug-likeness (QED) is 0.851. The normalized spacial score (nSPS) is 22.4. The third-order valence-corrected chi connectivity index (χ3v) is 4.23. The second-order valence-corrected chi connectivity index (χ2v) is 6.24. The maximum atomic E-state index is 14.2. The Morgan fingerprint density at radius 1 is 1.35 bits per heavy atom. The molecule has 112 valence electrons. The molecule has 2 atom stereocenters. The molecule has 0 radical (unpaired) electrons. The van der Waals surface area contributed by atoms with Crippen molar-refractivity contribution in [1.82, 2.24) is 5.32 Å². The number of ether oxygens (including phenoxy) is 1. The Kier molecular flexibility index (Phi) is 5.41. The largest absolute Gasteiger partial charge is 0.497 e. The van der Waals surface area contributed by atoms with Crippen LogP contribution in [0.3, 0.4) is 0 Å². The van der Waals surface area contributed by atoms with E-state index in [1.54, 1.807) is 7.11 Å². The maximum Gasteiger partial charge on any atom is 0.130 e.